The maximum Gasteiger partial charge on any atom is 0.154 e. The van der Waals surface area contributed by atoms with Crippen LogP contribution >= 0.6 is 23.2 Å². The fourth-order valence-electron chi connectivity index (χ4n) is 6.55. The fourth-order valence-corrected chi connectivity index (χ4v) is 6.91. The number of nitrogens with zero attached hydrogens (tertiary/aromatic N) is 3. The van der Waals surface area contributed by atoms with E-state index in [1.165, 1.54) is 22.2 Å². The molecule has 8 heteroatoms. The lowest BCUT2D eigenvalue weighted by molar-refractivity contribution is 0.101. The number of hydrogen-bond donors (Lipinski definition) is 1. The molecule has 3 heterocycles. The first-order valence-corrected chi connectivity index (χ1v) is 16.5. The van der Waals surface area contributed by atoms with Gasteiger partial charge in [0, 0.05) is 51.7 Å². The molecule has 234 valence electrons. The van der Waals surface area contributed by atoms with Crippen LogP contribution in [0.3, 0.4) is 0 Å². The summed E-state index contributed by atoms with van der Waals surface area (Å²) in [6.45, 7) is 12.4. The fraction of sp³-hybridized carbons (Fsp3) is 0.351. The zero-order valence-corrected chi connectivity index (χ0v) is 28.0. The van der Waals surface area contributed by atoms with E-state index in [0.717, 1.165) is 88.9 Å². The number of ether oxygens (including phenoxy) is 2. The number of nitrogens with one attached hydrogen (secondary N) is 1. The van der Waals surface area contributed by atoms with Crippen molar-refractivity contribution in [3.63, 3.8) is 0 Å². The summed E-state index contributed by atoms with van der Waals surface area (Å²) in [7, 11) is 0. The molecule has 0 fully saturated rings. The Labute approximate surface area is 275 Å². The second kappa shape index (κ2) is 13.9. The summed E-state index contributed by atoms with van der Waals surface area (Å²) in [4.78, 5) is 9.79. The Balaban J connectivity index is 1.30. The van der Waals surface area contributed by atoms with Crippen LogP contribution in [0.15, 0.2) is 54.6 Å². The van der Waals surface area contributed by atoms with E-state index in [-0.39, 0.29) is 0 Å². The molecule has 1 aliphatic heterocycles. The van der Waals surface area contributed by atoms with Crippen LogP contribution in [0.25, 0.3) is 22.0 Å². The standard InChI is InChI=1S/C37H40Cl2N4O2/c1-23-18-28(19-24(2)36(23)39)45-17-8-12-29-30-13-14-31(38)35(37(30)43-16-9-15-40-20-32(29)43)34-25(3)41-33(42-26(34)4)22-44-21-27-10-6-5-7-11-27/h5-7,10-11,13-14,18-19,40H,8-9,12,15-17,20-22H2,1-4H3. The number of fused-ring (bicyclic) bond motifs is 3. The topological polar surface area (TPSA) is 61.2 Å². The van der Waals surface area contributed by atoms with Gasteiger partial charge in [-0.2, -0.15) is 0 Å². The summed E-state index contributed by atoms with van der Waals surface area (Å²) >= 11 is 13.4. The number of rotatable bonds is 10. The summed E-state index contributed by atoms with van der Waals surface area (Å²) in [5, 5.41) is 6.39. The Morgan fingerprint density at radius 2 is 1.62 bits per heavy atom. The van der Waals surface area contributed by atoms with Crippen molar-refractivity contribution >= 4 is 34.1 Å². The van der Waals surface area contributed by atoms with Gasteiger partial charge in [-0.05, 0) is 94.0 Å². The lowest BCUT2D eigenvalue weighted by Crippen LogP contribution is -2.13. The van der Waals surface area contributed by atoms with Crippen molar-refractivity contribution in [2.24, 2.45) is 0 Å². The quantitative estimate of drug-likeness (QED) is 0.154. The Morgan fingerprint density at radius 1 is 0.889 bits per heavy atom. The van der Waals surface area contributed by atoms with Crippen molar-refractivity contribution in [1.29, 1.82) is 0 Å². The van der Waals surface area contributed by atoms with Gasteiger partial charge in [0.25, 0.3) is 0 Å². The zero-order valence-electron chi connectivity index (χ0n) is 26.5. The molecular formula is C37H40Cl2N4O2. The van der Waals surface area contributed by atoms with Gasteiger partial charge in [0.2, 0.25) is 0 Å². The summed E-state index contributed by atoms with van der Waals surface area (Å²) in [6.07, 6.45) is 2.84. The first kappa shape index (κ1) is 31.6. The number of hydrogen-bond acceptors (Lipinski definition) is 5. The van der Waals surface area contributed by atoms with Gasteiger partial charge in [0.15, 0.2) is 5.82 Å². The van der Waals surface area contributed by atoms with Crippen LogP contribution in [0.1, 0.15) is 58.0 Å². The first-order chi connectivity index (χ1) is 21.8. The van der Waals surface area contributed by atoms with E-state index in [0.29, 0.717) is 30.7 Å². The Kier molecular flexibility index (Phi) is 9.76. The van der Waals surface area contributed by atoms with Crippen LogP contribution in [0, 0.1) is 27.7 Å². The summed E-state index contributed by atoms with van der Waals surface area (Å²) < 4.78 is 14.6. The van der Waals surface area contributed by atoms with Crippen molar-refractivity contribution in [1.82, 2.24) is 19.9 Å². The minimum atomic E-state index is 0.350. The minimum Gasteiger partial charge on any atom is -0.494 e. The smallest absolute Gasteiger partial charge is 0.154 e. The maximum absolute atomic E-state index is 7.06. The van der Waals surface area contributed by atoms with Gasteiger partial charge in [-0.25, -0.2) is 9.97 Å². The van der Waals surface area contributed by atoms with Crippen LogP contribution in [0.2, 0.25) is 10.0 Å². The molecule has 0 unspecified atom stereocenters. The SMILES string of the molecule is Cc1cc(OCCCc2c3n(c4c(-c5c(C)nc(COCc6ccccc6)nc5C)c(Cl)ccc24)CCCNC3)cc(C)c1Cl. The van der Waals surface area contributed by atoms with Gasteiger partial charge >= 0.3 is 0 Å². The Hall–Kier alpha value is -3.42. The van der Waals surface area contributed by atoms with Crippen LogP contribution < -0.4 is 10.1 Å². The lowest BCUT2D eigenvalue weighted by atomic mass is 9.97. The largest absolute Gasteiger partial charge is 0.494 e. The maximum atomic E-state index is 7.06. The molecule has 0 amide bonds. The number of aryl methyl sites for hydroxylation is 6. The van der Waals surface area contributed by atoms with Crippen molar-refractivity contribution in [3.05, 3.63) is 110 Å². The van der Waals surface area contributed by atoms with Crippen LogP contribution in [-0.2, 0) is 37.5 Å². The molecule has 0 bridgehead atoms. The van der Waals surface area contributed by atoms with E-state index in [2.05, 4.69) is 28.1 Å². The van der Waals surface area contributed by atoms with Crippen molar-refractivity contribution in [3.8, 4) is 16.9 Å². The molecule has 1 aliphatic rings. The van der Waals surface area contributed by atoms with Gasteiger partial charge in [-0.3, -0.25) is 0 Å². The van der Waals surface area contributed by atoms with E-state index in [4.69, 9.17) is 42.6 Å². The molecule has 0 saturated carbocycles. The minimum absolute atomic E-state index is 0.350. The molecule has 45 heavy (non-hydrogen) atoms. The molecule has 0 spiro atoms. The summed E-state index contributed by atoms with van der Waals surface area (Å²) in [5.41, 5.74) is 10.9. The van der Waals surface area contributed by atoms with Crippen molar-refractivity contribution in [2.45, 2.75) is 73.3 Å². The van der Waals surface area contributed by atoms with Crippen LogP contribution in [-0.4, -0.2) is 27.7 Å². The van der Waals surface area contributed by atoms with Gasteiger partial charge in [-0.1, -0.05) is 59.6 Å². The monoisotopic (exact) mass is 642 g/mol. The second-order valence-corrected chi connectivity index (χ2v) is 12.7. The average molecular weight is 644 g/mol. The highest BCUT2D eigenvalue weighted by molar-refractivity contribution is 6.35. The lowest BCUT2D eigenvalue weighted by Gasteiger charge is -2.16. The van der Waals surface area contributed by atoms with Gasteiger partial charge in [0.05, 0.1) is 23.8 Å². The van der Waals surface area contributed by atoms with Gasteiger partial charge < -0.3 is 19.4 Å². The van der Waals surface area contributed by atoms with Crippen LogP contribution in [0.4, 0.5) is 0 Å². The molecule has 6 rings (SSSR count). The third-order valence-corrected chi connectivity index (χ3v) is 9.49. The zero-order chi connectivity index (χ0) is 31.5. The molecule has 0 aliphatic carbocycles. The highest BCUT2D eigenvalue weighted by Gasteiger charge is 2.25. The van der Waals surface area contributed by atoms with E-state index >= 15 is 0 Å². The normalized spacial score (nSPS) is 13.2. The molecule has 1 N–H and O–H groups in total. The Bertz CT molecular complexity index is 1790. The third-order valence-electron chi connectivity index (χ3n) is 8.58. The predicted molar refractivity (Wildman–Crippen MR) is 183 cm³/mol. The highest BCUT2D eigenvalue weighted by atomic mass is 35.5. The number of benzene rings is 3. The van der Waals surface area contributed by atoms with E-state index in [9.17, 15) is 0 Å². The van der Waals surface area contributed by atoms with E-state index in [1.54, 1.807) is 0 Å². The van der Waals surface area contributed by atoms with Crippen LogP contribution in [0.5, 0.6) is 5.75 Å². The van der Waals surface area contributed by atoms with Crippen molar-refractivity contribution in [2.75, 3.05) is 13.2 Å². The third kappa shape index (κ3) is 6.75. The van der Waals surface area contributed by atoms with Crippen molar-refractivity contribution < 1.29 is 9.47 Å². The summed E-state index contributed by atoms with van der Waals surface area (Å²) in [5.74, 6) is 1.54. The highest BCUT2D eigenvalue weighted by Crippen LogP contribution is 2.42. The second-order valence-electron chi connectivity index (χ2n) is 11.9. The molecular weight excluding hydrogens is 603 g/mol. The van der Waals surface area contributed by atoms with Gasteiger partial charge in [0.1, 0.15) is 12.4 Å². The number of halogens is 2. The Morgan fingerprint density at radius 3 is 2.36 bits per heavy atom. The number of aromatic nitrogens is 3. The molecule has 6 nitrogen and oxygen atoms in total. The first-order valence-electron chi connectivity index (χ1n) is 15.7. The molecule has 0 saturated heterocycles. The predicted octanol–water partition coefficient (Wildman–Crippen LogP) is 8.86. The average Bonchev–Trinajstić information content (AvgIpc) is 3.13. The van der Waals surface area contributed by atoms with E-state index < -0.39 is 0 Å². The summed E-state index contributed by atoms with van der Waals surface area (Å²) in [6, 6.07) is 18.4. The van der Waals surface area contributed by atoms with Gasteiger partial charge in [-0.15, -0.1) is 0 Å². The molecule has 5 aromatic rings. The van der Waals surface area contributed by atoms with E-state index in [1.807, 2.05) is 64.1 Å². The molecule has 0 radical (unpaired) electrons. The molecule has 2 aromatic heterocycles. The molecule has 0 atom stereocenters. The molecule has 3 aromatic carbocycles.